The number of likely N-dealkylation sites (N-methyl/N-ethyl adjacent to an activating group) is 1. The summed E-state index contributed by atoms with van der Waals surface area (Å²) in [5.74, 6) is -0.538. The molecule has 2 rings (SSSR count). The molecular weight excluding hydrogens is 287 g/mol. The SMILES string of the molecule is CN(C)C1(C(=O)N(C=O)c2cncc(C(F)(F)F)c2)CC1. The Morgan fingerprint density at radius 1 is 1.33 bits per heavy atom. The maximum Gasteiger partial charge on any atom is 0.417 e. The molecule has 1 saturated carbocycles. The second-order valence-electron chi connectivity index (χ2n) is 5.14. The Bertz CT molecular complexity index is 568. The highest BCUT2D eigenvalue weighted by Gasteiger charge is 2.54. The minimum atomic E-state index is -4.58. The van der Waals surface area contributed by atoms with Crippen LogP contribution in [0.3, 0.4) is 0 Å². The van der Waals surface area contributed by atoms with Crippen LogP contribution in [0.15, 0.2) is 18.5 Å². The molecule has 21 heavy (non-hydrogen) atoms. The average Bonchev–Trinajstić information content (AvgIpc) is 3.20. The lowest BCUT2D eigenvalue weighted by Gasteiger charge is -2.27. The van der Waals surface area contributed by atoms with E-state index in [1.165, 1.54) is 0 Å². The third-order valence-corrected chi connectivity index (χ3v) is 3.63. The smallest absolute Gasteiger partial charge is 0.296 e. The molecule has 1 fully saturated rings. The predicted octanol–water partition coefficient (Wildman–Crippen LogP) is 1.68. The molecule has 1 aliphatic carbocycles. The minimum absolute atomic E-state index is 0.182. The number of carbonyl (C=O) groups is 2. The number of halogens is 3. The molecule has 0 bridgehead atoms. The Morgan fingerprint density at radius 2 is 1.95 bits per heavy atom. The van der Waals surface area contributed by atoms with Crippen molar-refractivity contribution >= 4 is 18.0 Å². The molecule has 0 atom stereocenters. The molecule has 8 heteroatoms. The van der Waals surface area contributed by atoms with Gasteiger partial charge in [0, 0.05) is 6.20 Å². The molecule has 1 heterocycles. The molecular formula is C13H14F3N3O2. The first kappa shape index (κ1) is 15.4. The molecule has 0 saturated heterocycles. The number of rotatable bonds is 4. The lowest BCUT2D eigenvalue weighted by atomic mass is 10.2. The van der Waals surface area contributed by atoms with E-state index in [-0.39, 0.29) is 12.1 Å². The van der Waals surface area contributed by atoms with Gasteiger partial charge in [-0.3, -0.25) is 19.5 Å². The molecule has 1 aromatic rings. The number of imide groups is 1. The Balaban J connectivity index is 2.35. The van der Waals surface area contributed by atoms with Crippen LogP contribution < -0.4 is 4.90 Å². The Labute approximate surface area is 119 Å². The molecule has 0 aliphatic heterocycles. The number of amides is 2. The average molecular weight is 301 g/mol. The van der Waals surface area contributed by atoms with Crippen molar-refractivity contribution in [1.82, 2.24) is 9.88 Å². The van der Waals surface area contributed by atoms with Crippen LogP contribution in [0, 0.1) is 0 Å². The summed E-state index contributed by atoms with van der Waals surface area (Å²) in [4.78, 5) is 29.4. The van der Waals surface area contributed by atoms with Gasteiger partial charge in [0.25, 0.3) is 5.91 Å². The first-order valence-electron chi connectivity index (χ1n) is 6.21. The van der Waals surface area contributed by atoms with Gasteiger partial charge in [0.1, 0.15) is 5.54 Å². The van der Waals surface area contributed by atoms with E-state index in [2.05, 4.69) is 4.98 Å². The van der Waals surface area contributed by atoms with Gasteiger partial charge >= 0.3 is 6.18 Å². The third kappa shape index (κ3) is 2.76. The van der Waals surface area contributed by atoms with Gasteiger partial charge in [0.05, 0.1) is 17.4 Å². The van der Waals surface area contributed by atoms with Gasteiger partial charge in [-0.15, -0.1) is 0 Å². The molecule has 114 valence electrons. The molecule has 0 aromatic carbocycles. The van der Waals surface area contributed by atoms with E-state index in [1.807, 2.05) is 0 Å². The number of pyridine rings is 1. The summed E-state index contributed by atoms with van der Waals surface area (Å²) < 4.78 is 38.0. The quantitative estimate of drug-likeness (QED) is 0.794. The largest absolute Gasteiger partial charge is 0.417 e. The number of hydrogen-bond donors (Lipinski definition) is 0. The molecule has 0 unspecified atom stereocenters. The summed E-state index contributed by atoms with van der Waals surface area (Å²) in [5.41, 5.74) is -2.00. The normalized spacial score (nSPS) is 16.7. The zero-order chi connectivity index (χ0) is 15.8. The lowest BCUT2D eigenvalue weighted by molar-refractivity contribution is -0.138. The monoisotopic (exact) mass is 301 g/mol. The number of alkyl halides is 3. The van der Waals surface area contributed by atoms with Gasteiger partial charge in [-0.05, 0) is 33.0 Å². The fourth-order valence-electron chi connectivity index (χ4n) is 2.14. The maximum absolute atomic E-state index is 12.7. The van der Waals surface area contributed by atoms with E-state index in [9.17, 15) is 22.8 Å². The van der Waals surface area contributed by atoms with Gasteiger partial charge in [-0.1, -0.05) is 0 Å². The van der Waals surface area contributed by atoms with Gasteiger partial charge in [0.2, 0.25) is 6.41 Å². The standard InChI is InChI=1S/C13H14F3N3O2/c1-18(2)12(3-4-12)11(21)19(8-20)10-5-9(6-17-7-10)13(14,15)16/h5-8H,3-4H2,1-2H3. The van der Waals surface area contributed by atoms with Crippen LogP contribution in [0.2, 0.25) is 0 Å². The van der Waals surface area contributed by atoms with Gasteiger partial charge in [0.15, 0.2) is 0 Å². The van der Waals surface area contributed by atoms with E-state index in [0.29, 0.717) is 23.9 Å². The van der Waals surface area contributed by atoms with Crippen LogP contribution >= 0.6 is 0 Å². The molecule has 1 aliphatic rings. The highest BCUT2D eigenvalue weighted by atomic mass is 19.4. The van der Waals surface area contributed by atoms with Crippen LogP contribution in [0.4, 0.5) is 18.9 Å². The fraction of sp³-hybridized carbons (Fsp3) is 0.462. The molecule has 1 aromatic heterocycles. The Hall–Kier alpha value is -1.96. The van der Waals surface area contributed by atoms with Crippen LogP contribution in [0.5, 0.6) is 0 Å². The first-order valence-corrected chi connectivity index (χ1v) is 6.21. The first-order chi connectivity index (χ1) is 9.72. The van der Waals surface area contributed by atoms with Crippen molar-refractivity contribution in [2.45, 2.75) is 24.6 Å². The highest BCUT2D eigenvalue weighted by molar-refractivity contribution is 6.12. The number of nitrogens with zero attached hydrogens (tertiary/aromatic N) is 3. The van der Waals surface area contributed by atoms with Crippen molar-refractivity contribution < 1.29 is 22.8 Å². The van der Waals surface area contributed by atoms with Gasteiger partial charge in [-0.25, -0.2) is 4.90 Å². The van der Waals surface area contributed by atoms with Crippen molar-refractivity contribution in [3.63, 3.8) is 0 Å². The topological polar surface area (TPSA) is 53.5 Å². The van der Waals surface area contributed by atoms with Gasteiger partial charge < -0.3 is 0 Å². The maximum atomic E-state index is 12.7. The van der Waals surface area contributed by atoms with Crippen molar-refractivity contribution in [1.29, 1.82) is 0 Å². The van der Waals surface area contributed by atoms with Crippen LogP contribution in [0.25, 0.3) is 0 Å². The Morgan fingerprint density at radius 3 is 2.38 bits per heavy atom. The van der Waals surface area contributed by atoms with Crippen molar-refractivity contribution in [2.75, 3.05) is 19.0 Å². The number of anilines is 1. The van der Waals surface area contributed by atoms with Crippen LogP contribution in [-0.4, -0.2) is 41.8 Å². The second-order valence-corrected chi connectivity index (χ2v) is 5.14. The molecule has 5 nitrogen and oxygen atoms in total. The molecule has 2 amide bonds. The number of hydrogen-bond acceptors (Lipinski definition) is 4. The summed E-state index contributed by atoms with van der Waals surface area (Å²) in [5, 5.41) is 0. The number of aromatic nitrogens is 1. The summed E-state index contributed by atoms with van der Waals surface area (Å²) in [6.07, 6.45) is -1.52. The van der Waals surface area contributed by atoms with E-state index in [1.54, 1.807) is 19.0 Å². The van der Waals surface area contributed by atoms with E-state index in [0.717, 1.165) is 12.3 Å². The zero-order valence-corrected chi connectivity index (χ0v) is 11.5. The van der Waals surface area contributed by atoms with E-state index >= 15 is 0 Å². The summed E-state index contributed by atoms with van der Waals surface area (Å²) in [6.45, 7) is 0. The van der Waals surface area contributed by atoms with Crippen molar-refractivity contribution in [2.24, 2.45) is 0 Å². The van der Waals surface area contributed by atoms with Crippen molar-refractivity contribution in [3.05, 3.63) is 24.0 Å². The third-order valence-electron chi connectivity index (χ3n) is 3.63. The van der Waals surface area contributed by atoms with Crippen molar-refractivity contribution in [3.8, 4) is 0 Å². The molecule has 0 N–H and O–H groups in total. The van der Waals surface area contributed by atoms with E-state index < -0.39 is 23.2 Å². The zero-order valence-electron chi connectivity index (χ0n) is 11.5. The summed E-state index contributed by atoms with van der Waals surface area (Å²) in [7, 11) is 3.39. The second kappa shape index (κ2) is 5.10. The minimum Gasteiger partial charge on any atom is -0.296 e. The van der Waals surface area contributed by atoms with Gasteiger partial charge in [-0.2, -0.15) is 13.2 Å². The number of carbonyl (C=O) groups excluding carboxylic acids is 2. The van der Waals surface area contributed by atoms with E-state index in [4.69, 9.17) is 0 Å². The van der Waals surface area contributed by atoms with Crippen LogP contribution in [-0.2, 0) is 15.8 Å². The Kier molecular flexibility index (Phi) is 3.75. The highest BCUT2D eigenvalue weighted by Crippen LogP contribution is 2.42. The summed E-state index contributed by atoms with van der Waals surface area (Å²) >= 11 is 0. The predicted molar refractivity (Wildman–Crippen MR) is 68.4 cm³/mol. The fourth-order valence-corrected chi connectivity index (χ4v) is 2.14. The lowest BCUT2D eigenvalue weighted by Crippen LogP contribution is -2.47. The van der Waals surface area contributed by atoms with Crippen LogP contribution in [0.1, 0.15) is 18.4 Å². The molecule has 0 spiro atoms. The summed E-state index contributed by atoms with van der Waals surface area (Å²) in [6, 6.07) is 0.741. The molecule has 0 radical (unpaired) electrons.